The number of nitrogens with zero attached hydrogens (tertiary/aromatic N) is 1. The number of ether oxygens (including phenoxy) is 1. The zero-order valence-electron chi connectivity index (χ0n) is 10.8. The third-order valence-corrected chi connectivity index (χ3v) is 4.21. The van der Waals surface area contributed by atoms with Gasteiger partial charge in [-0.25, -0.2) is 17.9 Å². The third kappa shape index (κ3) is 4.23. The van der Waals surface area contributed by atoms with Crippen LogP contribution in [0, 0.1) is 5.82 Å². The Labute approximate surface area is 130 Å². The van der Waals surface area contributed by atoms with Gasteiger partial charge in [-0.15, -0.1) is 0 Å². The number of halogens is 2. The second kappa shape index (κ2) is 6.50. The minimum atomic E-state index is -4.11. The number of hydrogen-bond acceptors (Lipinski definition) is 4. The Kier molecular flexibility index (Phi) is 4.92. The lowest BCUT2D eigenvalue weighted by Gasteiger charge is -2.10. The van der Waals surface area contributed by atoms with Gasteiger partial charge in [0.1, 0.15) is 16.5 Å². The molecule has 0 saturated carbocycles. The highest BCUT2D eigenvalue weighted by Gasteiger charge is 2.17. The normalized spacial score (nSPS) is 11.4. The Hall–Kier alpha value is -1.51. The molecule has 0 aliphatic rings. The van der Waals surface area contributed by atoms with Crippen LogP contribution in [-0.4, -0.2) is 20.0 Å². The number of rotatable bonds is 5. The van der Waals surface area contributed by atoms with Crippen molar-refractivity contribution >= 4 is 26.0 Å². The second-order valence-corrected chi connectivity index (χ2v) is 6.60. The molecule has 0 saturated heterocycles. The van der Waals surface area contributed by atoms with Gasteiger partial charge in [0.25, 0.3) is 0 Å². The van der Waals surface area contributed by atoms with E-state index >= 15 is 0 Å². The van der Waals surface area contributed by atoms with E-state index in [9.17, 15) is 12.8 Å². The maximum Gasteiger partial charge on any atom is 0.241 e. The number of primary sulfonamides is 1. The molecule has 2 rings (SSSR count). The second-order valence-electron chi connectivity index (χ2n) is 4.22. The first-order valence-electron chi connectivity index (χ1n) is 5.91. The number of pyridine rings is 1. The molecule has 0 bridgehead atoms. The Morgan fingerprint density at radius 3 is 2.76 bits per heavy atom. The summed E-state index contributed by atoms with van der Waals surface area (Å²) < 4.78 is 41.8. The van der Waals surface area contributed by atoms with Crippen LogP contribution in [0.4, 0.5) is 4.39 Å². The molecule has 5 nitrogen and oxygen atoms in total. The van der Waals surface area contributed by atoms with Crippen LogP contribution in [0.5, 0.6) is 5.75 Å². The molecular weight excluding hydrogens is 363 g/mol. The highest BCUT2D eigenvalue weighted by Crippen LogP contribution is 2.30. The van der Waals surface area contributed by atoms with Crippen molar-refractivity contribution in [2.24, 2.45) is 5.14 Å². The smallest absolute Gasteiger partial charge is 0.241 e. The molecule has 0 unspecified atom stereocenters. The lowest BCUT2D eigenvalue weighted by atomic mass is 10.2. The van der Waals surface area contributed by atoms with Gasteiger partial charge in [0.15, 0.2) is 0 Å². The van der Waals surface area contributed by atoms with Crippen LogP contribution < -0.4 is 9.88 Å². The van der Waals surface area contributed by atoms with E-state index < -0.39 is 20.7 Å². The lowest BCUT2D eigenvalue weighted by molar-refractivity contribution is 0.317. The molecule has 0 aliphatic carbocycles. The highest BCUT2D eigenvalue weighted by molar-refractivity contribution is 9.10. The average Bonchev–Trinajstić information content (AvgIpc) is 2.42. The first-order valence-corrected chi connectivity index (χ1v) is 8.25. The molecule has 1 aromatic carbocycles. The molecule has 112 valence electrons. The minimum absolute atomic E-state index is 0.212. The molecule has 1 heterocycles. The van der Waals surface area contributed by atoms with Gasteiger partial charge >= 0.3 is 0 Å². The maximum absolute atomic E-state index is 13.7. The number of nitrogens with two attached hydrogens (primary N) is 1. The van der Waals surface area contributed by atoms with E-state index in [0.717, 1.165) is 17.7 Å². The summed E-state index contributed by atoms with van der Waals surface area (Å²) >= 11 is 3.14. The molecule has 0 fully saturated rings. The number of hydrogen-bond donors (Lipinski definition) is 1. The molecule has 0 atom stereocenters. The summed E-state index contributed by atoms with van der Waals surface area (Å²) in [7, 11) is -4.11. The molecular formula is C13H12BrFN2O3S. The van der Waals surface area contributed by atoms with E-state index in [4.69, 9.17) is 9.88 Å². The molecule has 2 N–H and O–H groups in total. The van der Waals surface area contributed by atoms with Crippen molar-refractivity contribution in [1.29, 1.82) is 0 Å². The summed E-state index contributed by atoms with van der Waals surface area (Å²) in [6.45, 7) is 0.304. The van der Waals surface area contributed by atoms with E-state index in [2.05, 4.69) is 20.9 Å². The molecule has 0 amide bonds. The zero-order valence-corrected chi connectivity index (χ0v) is 13.2. The van der Waals surface area contributed by atoms with Gasteiger partial charge in [-0.05, 0) is 33.6 Å². The molecule has 8 heteroatoms. The van der Waals surface area contributed by atoms with Gasteiger partial charge in [-0.1, -0.05) is 6.07 Å². The van der Waals surface area contributed by atoms with Crippen LogP contribution in [-0.2, 0) is 16.4 Å². The first-order chi connectivity index (χ1) is 9.88. The largest absolute Gasteiger partial charge is 0.492 e. The number of aromatic nitrogens is 1. The van der Waals surface area contributed by atoms with Crippen LogP contribution in [0.2, 0.25) is 0 Å². The summed E-state index contributed by atoms with van der Waals surface area (Å²) in [5.74, 6) is -0.735. The van der Waals surface area contributed by atoms with Crippen molar-refractivity contribution in [3.63, 3.8) is 0 Å². The summed E-state index contributed by atoms with van der Waals surface area (Å²) in [6, 6.07) is 5.79. The molecule has 2 aromatic rings. The van der Waals surface area contributed by atoms with Gasteiger partial charge in [-0.2, -0.15) is 0 Å². The Bertz CT molecular complexity index is 739. The van der Waals surface area contributed by atoms with E-state index in [1.807, 2.05) is 12.1 Å². The molecule has 0 spiro atoms. The predicted molar refractivity (Wildman–Crippen MR) is 78.9 cm³/mol. The Balaban J connectivity index is 2.09. The number of benzene rings is 1. The van der Waals surface area contributed by atoms with E-state index in [0.29, 0.717) is 17.5 Å². The summed E-state index contributed by atoms with van der Waals surface area (Å²) in [5.41, 5.74) is 0.982. The third-order valence-electron chi connectivity index (χ3n) is 2.66. The van der Waals surface area contributed by atoms with Crippen molar-refractivity contribution in [2.45, 2.75) is 11.3 Å². The zero-order chi connectivity index (χ0) is 15.5. The summed E-state index contributed by atoms with van der Waals surface area (Å²) in [5, 5.41) is 4.92. The fourth-order valence-corrected chi connectivity index (χ4v) is 2.89. The van der Waals surface area contributed by atoms with Crippen molar-refractivity contribution in [3.8, 4) is 5.75 Å². The van der Waals surface area contributed by atoms with Crippen LogP contribution >= 0.6 is 15.9 Å². The first kappa shape index (κ1) is 15.9. The molecule has 21 heavy (non-hydrogen) atoms. The van der Waals surface area contributed by atoms with Crippen molar-refractivity contribution in [1.82, 2.24) is 4.98 Å². The topological polar surface area (TPSA) is 82.3 Å². The van der Waals surface area contributed by atoms with E-state index in [-0.39, 0.29) is 5.75 Å². The summed E-state index contributed by atoms with van der Waals surface area (Å²) in [4.78, 5) is 3.40. The van der Waals surface area contributed by atoms with Crippen LogP contribution in [0.25, 0.3) is 0 Å². The SMILES string of the molecule is NS(=O)(=O)c1cc(Br)c(OCCc2cccnc2)cc1F. The van der Waals surface area contributed by atoms with E-state index in [1.165, 1.54) is 0 Å². The monoisotopic (exact) mass is 374 g/mol. The lowest BCUT2D eigenvalue weighted by Crippen LogP contribution is -2.14. The van der Waals surface area contributed by atoms with Gasteiger partial charge in [0.2, 0.25) is 10.0 Å². The molecule has 0 radical (unpaired) electrons. The van der Waals surface area contributed by atoms with Gasteiger partial charge in [0, 0.05) is 24.9 Å². The molecule has 0 aliphatic heterocycles. The van der Waals surface area contributed by atoms with Gasteiger partial charge in [-0.3, -0.25) is 4.98 Å². The van der Waals surface area contributed by atoms with Gasteiger partial charge < -0.3 is 4.74 Å². The minimum Gasteiger partial charge on any atom is -0.492 e. The van der Waals surface area contributed by atoms with Crippen LogP contribution in [0.3, 0.4) is 0 Å². The predicted octanol–water partition coefficient (Wildman–Crippen LogP) is 2.25. The number of sulfonamides is 1. The van der Waals surface area contributed by atoms with Crippen molar-refractivity contribution < 1.29 is 17.5 Å². The van der Waals surface area contributed by atoms with E-state index in [1.54, 1.807) is 12.4 Å². The fraction of sp³-hybridized carbons (Fsp3) is 0.154. The summed E-state index contributed by atoms with van der Waals surface area (Å²) in [6.07, 6.45) is 3.98. The van der Waals surface area contributed by atoms with Gasteiger partial charge in [0.05, 0.1) is 11.1 Å². The Morgan fingerprint density at radius 2 is 2.14 bits per heavy atom. The van der Waals surface area contributed by atoms with Crippen molar-refractivity contribution in [3.05, 3.63) is 52.5 Å². The van der Waals surface area contributed by atoms with Crippen LogP contribution in [0.15, 0.2) is 46.0 Å². The highest BCUT2D eigenvalue weighted by atomic mass is 79.9. The fourth-order valence-electron chi connectivity index (χ4n) is 1.66. The Morgan fingerprint density at radius 1 is 1.38 bits per heavy atom. The average molecular weight is 375 g/mol. The van der Waals surface area contributed by atoms with Crippen LogP contribution in [0.1, 0.15) is 5.56 Å². The maximum atomic E-state index is 13.7. The molecule has 1 aromatic heterocycles. The quantitative estimate of drug-likeness (QED) is 0.869. The van der Waals surface area contributed by atoms with Crippen molar-refractivity contribution in [2.75, 3.05) is 6.61 Å². The standard InChI is InChI=1S/C13H12BrFN2O3S/c14-10-6-13(21(16,18)19)11(15)7-12(10)20-5-3-9-2-1-4-17-8-9/h1-2,4,6-8H,3,5H2,(H2,16,18,19).